The normalized spacial score (nSPS) is 11.4. The molecule has 1 aliphatic carbocycles. The molecule has 0 nitrogen and oxygen atoms in total. The van der Waals surface area contributed by atoms with Gasteiger partial charge in [0.1, 0.15) is 0 Å². The predicted octanol–water partition coefficient (Wildman–Crippen LogP) is 3.64. The van der Waals surface area contributed by atoms with Crippen LogP contribution in [-0.4, -0.2) is 8.41 Å². The second kappa shape index (κ2) is 6.36. The highest BCUT2D eigenvalue weighted by atomic mass is 28.2. The third kappa shape index (κ3) is 2.49. The summed E-state index contributed by atoms with van der Waals surface area (Å²) in [6, 6.07) is 37.5. The Bertz CT molecular complexity index is 1160. The van der Waals surface area contributed by atoms with Crippen molar-refractivity contribution >= 4 is 24.9 Å². The van der Waals surface area contributed by atoms with Crippen LogP contribution in [0.3, 0.4) is 0 Å². The molecule has 122 valence electrons. The Morgan fingerprint density at radius 1 is 0.462 bits per heavy atom. The minimum atomic E-state index is -1.05. The highest BCUT2D eigenvalue weighted by Crippen LogP contribution is 2.25. The quantitative estimate of drug-likeness (QED) is 0.428. The van der Waals surface area contributed by atoms with Crippen molar-refractivity contribution in [1.82, 2.24) is 0 Å². The molecule has 0 saturated carbocycles. The molecule has 0 N–H and O–H groups in total. The van der Waals surface area contributed by atoms with Crippen molar-refractivity contribution in [1.29, 1.82) is 0 Å². The summed E-state index contributed by atoms with van der Waals surface area (Å²) in [6.45, 7) is 0. The lowest BCUT2D eigenvalue weighted by Crippen LogP contribution is -2.37. The van der Waals surface area contributed by atoms with Gasteiger partial charge in [-0.25, -0.2) is 0 Å². The molecule has 4 aromatic rings. The first-order valence-electron chi connectivity index (χ1n) is 8.97. The molecule has 0 bridgehead atoms. The van der Waals surface area contributed by atoms with Crippen molar-refractivity contribution in [3.8, 4) is 11.1 Å². The zero-order valence-electron chi connectivity index (χ0n) is 14.4. The van der Waals surface area contributed by atoms with Crippen LogP contribution in [0.25, 0.3) is 17.2 Å². The standard InChI is InChI=1S/C25H18Si/c1-3-11-20(12-4-1)26(21-13-5-2-6-14-21)25-17-9-16-23-22-15-8-7-10-19(22)18-24(23)25/h1-18H. The van der Waals surface area contributed by atoms with Gasteiger partial charge >= 0.3 is 0 Å². The minimum absolute atomic E-state index is 1.05. The molecule has 0 spiro atoms. The van der Waals surface area contributed by atoms with Gasteiger partial charge in [0.25, 0.3) is 0 Å². The van der Waals surface area contributed by atoms with Crippen LogP contribution in [0, 0.1) is 4.81 Å². The van der Waals surface area contributed by atoms with Crippen LogP contribution in [0.1, 0.15) is 5.56 Å². The third-order valence-electron chi connectivity index (χ3n) is 5.05. The Hall–Kier alpha value is -3.03. The van der Waals surface area contributed by atoms with E-state index in [1.807, 2.05) is 0 Å². The van der Waals surface area contributed by atoms with Crippen LogP contribution in [0.2, 0.25) is 0 Å². The Morgan fingerprint density at radius 2 is 1.04 bits per heavy atom. The molecule has 0 heterocycles. The van der Waals surface area contributed by atoms with Gasteiger partial charge in [-0.1, -0.05) is 103 Å². The first-order chi connectivity index (χ1) is 12.9. The fourth-order valence-corrected chi connectivity index (χ4v) is 6.63. The number of rotatable bonds is 2. The van der Waals surface area contributed by atoms with Gasteiger partial charge in [0.15, 0.2) is 0 Å². The summed E-state index contributed by atoms with van der Waals surface area (Å²) in [5.74, 6) is 0. The molecule has 5 rings (SSSR count). The van der Waals surface area contributed by atoms with E-state index >= 15 is 0 Å². The van der Waals surface area contributed by atoms with Crippen LogP contribution in [0.4, 0.5) is 0 Å². The summed E-state index contributed by atoms with van der Waals surface area (Å²) in [6.07, 6.45) is 2.37. The summed E-state index contributed by atoms with van der Waals surface area (Å²) in [5.41, 5.74) is 4.05. The fraction of sp³-hybridized carbons (Fsp3) is 0. The van der Waals surface area contributed by atoms with E-state index in [9.17, 15) is 0 Å². The highest BCUT2D eigenvalue weighted by Gasteiger charge is 2.14. The van der Waals surface area contributed by atoms with Crippen molar-refractivity contribution in [2.24, 2.45) is 0 Å². The van der Waals surface area contributed by atoms with E-state index in [4.69, 9.17) is 0 Å². The van der Waals surface area contributed by atoms with Crippen molar-refractivity contribution in [3.05, 3.63) is 119 Å². The molecule has 0 aromatic heterocycles. The Morgan fingerprint density at radius 3 is 1.73 bits per heavy atom. The molecule has 0 unspecified atom stereocenters. The average Bonchev–Trinajstić information content (AvgIpc) is 3.10. The van der Waals surface area contributed by atoms with Crippen LogP contribution < -0.4 is 15.6 Å². The number of fused-ring (bicyclic) bond motifs is 3. The Balaban J connectivity index is 1.93. The molecule has 0 amide bonds. The van der Waals surface area contributed by atoms with E-state index in [0.717, 1.165) is 0 Å². The Labute approximate surface area is 154 Å². The van der Waals surface area contributed by atoms with Crippen LogP contribution >= 0.6 is 0 Å². The lowest BCUT2D eigenvalue weighted by atomic mass is 10.1. The maximum Gasteiger partial charge on any atom is 0.0884 e. The molecule has 0 saturated heterocycles. The monoisotopic (exact) mass is 346 g/mol. The maximum atomic E-state index is 2.37. The van der Waals surface area contributed by atoms with E-state index in [1.54, 1.807) is 0 Å². The van der Waals surface area contributed by atoms with E-state index in [0.29, 0.717) is 0 Å². The summed E-state index contributed by atoms with van der Waals surface area (Å²) in [7, 11) is -1.05. The lowest BCUT2D eigenvalue weighted by molar-refractivity contribution is 1.57. The van der Waals surface area contributed by atoms with E-state index < -0.39 is 8.41 Å². The van der Waals surface area contributed by atoms with Crippen LogP contribution in [-0.2, 0) is 0 Å². The summed E-state index contributed by atoms with van der Waals surface area (Å²) in [5, 5.41) is 4.26. The largest absolute Gasteiger partial charge is 0.0884 e. The van der Waals surface area contributed by atoms with Gasteiger partial charge in [-0.2, -0.15) is 0 Å². The second-order valence-corrected chi connectivity index (χ2v) is 9.05. The van der Waals surface area contributed by atoms with E-state index in [2.05, 4.69) is 109 Å². The predicted molar refractivity (Wildman–Crippen MR) is 112 cm³/mol. The number of benzene rings is 4. The first kappa shape index (κ1) is 15.2. The highest BCUT2D eigenvalue weighted by molar-refractivity contribution is 6.78. The van der Waals surface area contributed by atoms with Crippen molar-refractivity contribution < 1.29 is 0 Å². The molecular formula is C25H18Si. The molecule has 0 fully saturated rings. The van der Waals surface area contributed by atoms with Gasteiger partial charge in [0.05, 0.1) is 8.41 Å². The number of hydrogen-bond donors (Lipinski definition) is 0. The summed E-state index contributed by atoms with van der Waals surface area (Å²) in [4.78, 5) is 1.47. The third-order valence-corrected chi connectivity index (χ3v) is 7.85. The molecule has 0 radical (unpaired) electrons. The van der Waals surface area contributed by atoms with Gasteiger partial charge in [0.2, 0.25) is 0 Å². The van der Waals surface area contributed by atoms with E-state index in [-0.39, 0.29) is 0 Å². The smallest absolute Gasteiger partial charge is 0.0623 e. The van der Waals surface area contributed by atoms with Gasteiger partial charge in [-0.3, -0.25) is 0 Å². The fourth-order valence-electron chi connectivity index (χ4n) is 3.88. The van der Waals surface area contributed by atoms with Crippen LogP contribution in [0.15, 0.2) is 103 Å². The minimum Gasteiger partial charge on any atom is -0.0623 e. The summed E-state index contributed by atoms with van der Waals surface area (Å²) < 4.78 is 0. The van der Waals surface area contributed by atoms with Crippen molar-refractivity contribution in [2.45, 2.75) is 0 Å². The molecule has 0 atom stereocenters. The Kier molecular flexibility index (Phi) is 3.73. The average molecular weight is 347 g/mol. The first-order valence-corrected chi connectivity index (χ1v) is 10.5. The molecule has 1 aliphatic rings. The van der Waals surface area contributed by atoms with Gasteiger partial charge in [-0.05, 0) is 43.2 Å². The van der Waals surface area contributed by atoms with Gasteiger partial charge in [0, 0.05) is 0 Å². The molecule has 26 heavy (non-hydrogen) atoms. The van der Waals surface area contributed by atoms with Gasteiger partial charge < -0.3 is 0 Å². The summed E-state index contributed by atoms with van der Waals surface area (Å²) >= 11 is 0. The van der Waals surface area contributed by atoms with Crippen LogP contribution in [0.5, 0.6) is 0 Å². The van der Waals surface area contributed by atoms with Crippen molar-refractivity contribution in [2.75, 3.05) is 0 Å². The molecule has 0 aliphatic heterocycles. The molecule has 1 heteroatoms. The maximum absolute atomic E-state index is 2.37. The second-order valence-electron chi connectivity index (χ2n) is 6.61. The van der Waals surface area contributed by atoms with Crippen molar-refractivity contribution in [3.63, 3.8) is 0 Å². The molecular weight excluding hydrogens is 328 g/mol. The SMILES string of the molecule is C1=c2c(cccc2=[Si](c2ccccc2)c2ccccc2)-c2ccccc21. The topological polar surface area (TPSA) is 0 Å². The van der Waals surface area contributed by atoms with E-state index in [1.165, 1.54) is 37.1 Å². The van der Waals surface area contributed by atoms with Gasteiger partial charge in [-0.15, -0.1) is 0 Å². The zero-order chi connectivity index (χ0) is 17.3. The zero-order valence-corrected chi connectivity index (χ0v) is 15.4. The number of hydrogen-bond acceptors (Lipinski definition) is 0. The molecule has 4 aromatic carbocycles. The lowest BCUT2D eigenvalue weighted by Gasteiger charge is -2.09.